The van der Waals surface area contributed by atoms with Crippen molar-refractivity contribution >= 4 is 35.7 Å². The van der Waals surface area contributed by atoms with E-state index in [1.54, 1.807) is 0 Å². The normalized spacial score (nSPS) is 11.3. The molecule has 3 aromatic rings. The van der Waals surface area contributed by atoms with Crippen LogP contribution in [-0.4, -0.2) is 20.9 Å². The van der Waals surface area contributed by atoms with Gasteiger partial charge in [-0.25, -0.2) is 4.39 Å². The van der Waals surface area contributed by atoms with E-state index in [2.05, 4.69) is 16.9 Å². The molecular formula is C21H19ClFN3O2S. The van der Waals surface area contributed by atoms with Crippen molar-refractivity contribution in [1.29, 1.82) is 0 Å². The fraction of sp³-hybridized carbons (Fsp3) is 0.190. The van der Waals surface area contributed by atoms with Crippen LogP contribution >= 0.6 is 23.8 Å². The van der Waals surface area contributed by atoms with Gasteiger partial charge in [0, 0.05) is 6.21 Å². The van der Waals surface area contributed by atoms with Crippen LogP contribution in [-0.2, 0) is 6.42 Å². The number of aromatic nitrogens is 2. The Kier molecular flexibility index (Phi) is 6.61. The lowest BCUT2D eigenvalue weighted by Crippen LogP contribution is -2.18. The first-order valence-electron chi connectivity index (χ1n) is 9.07. The average molecular weight is 432 g/mol. The zero-order chi connectivity index (χ0) is 21.0. The van der Waals surface area contributed by atoms with Crippen molar-refractivity contribution in [3.05, 3.63) is 79.6 Å². The summed E-state index contributed by atoms with van der Waals surface area (Å²) in [5, 5.41) is 10.5. The number of aliphatic imine (C=N–C) groups is 1. The highest BCUT2D eigenvalue weighted by molar-refractivity contribution is 7.71. The largest absolute Gasteiger partial charge is 0.494 e. The zero-order valence-corrected chi connectivity index (χ0v) is 17.2. The highest BCUT2D eigenvalue weighted by atomic mass is 35.5. The number of aryl methyl sites for hydroxylation is 1. The van der Waals surface area contributed by atoms with Crippen LogP contribution in [0.25, 0.3) is 5.69 Å². The molecule has 0 aliphatic rings. The van der Waals surface area contributed by atoms with Crippen LogP contribution in [0.3, 0.4) is 0 Å². The van der Waals surface area contributed by atoms with Gasteiger partial charge in [0.15, 0.2) is 4.77 Å². The summed E-state index contributed by atoms with van der Waals surface area (Å²) in [4.78, 5) is 19.0. The number of aromatic hydroxyl groups is 1. The Bertz CT molecular complexity index is 1170. The number of aromatic amines is 1. The molecule has 3 rings (SSSR count). The Hall–Kier alpha value is -2.77. The lowest BCUT2D eigenvalue weighted by molar-refractivity contribution is 0.432. The molecule has 0 bridgehead atoms. The molecule has 0 atom stereocenters. The molecule has 0 aliphatic carbocycles. The van der Waals surface area contributed by atoms with E-state index < -0.39 is 17.3 Å². The topological polar surface area (TPSA) is 70.4 Å². The lowest BCUT2D eigenvalue weighted by Gasteiger charge is -2.11. The molecule has 0 amide bonds. The number of benzene rings is 2. The quantitative estimate of drug-likeness (QED) is 0.400. The number of nitrogens with one attached hydrogen (secondary N) is 1. The molecule has 0 aliphatic heterocycles. The molecule has 0 radical (unpaired) electrons. The second-order valence-electron chi connectivity index (χ2n) is 6.46. The lowest BCUT2D eigenvalue weighted by atomic mass is 10.1. The first-order chi connectivity index (χ1) is 13.9. The van der Waals surface area contributed by atoms with Crippen molar-refractivity contribution in [3.63, 3.8) is 0 Å². The van der Waals surface area contributed by atoms with Crippen molar-refractivity contribution in [2.75, 3.05) is 0 Å². The molecular weight excluding hydrogens is 413 g/mol. The van der Waals surface area contributed by atoms with Gasteiger partial charge < -0.3 is 5.11 Å². The first kappa shape index (κ1) is 21.0. The van der Waals surface area contributed by atoms with Gasteiger partial charge in [-0.05, 0) is 61.0 Å². The number of H-pyrrole nitrogens is 1. The third kappa shape index (κ3) is 4.81. The third-order valence-electron chi connectivity index (χ3n) is 4.38. The van der Waals surface area contributed by atoms with Crippen LogP contribution in [0.15, 0.2) is 52.3 Å². The van der Waals surface area contributed by atoms with E-state index in [4.69, 9.17) is 23.8 Å². The SMILES string of the molecule is CCCCc1ccc(N=Cc2c(O)n(-c3ccc(F)c(Cl)c3)c(=S)[nH]c2=O)cc1. The Morgan fingerprint density at radius 3 is 2.66 bits per heavy atom. The van der Waals surface area contributed by atoms with Crippen molar-refractivity contribution in [2.24, 2.45) is 4.99 Å². The minimum atomic E-state index is -0.602. The van der Waals surface area contributed by atoms with E-state index in [1.165, 1.54) is 28.5 Å². The number of halogens is 2. The summed E-state index contributed by atoms with van der Waals surface area (Å²) in [6, 6.07) is 11.5. The van der Waals surface area contributed by atoms with Gasteiger partial charge >= 0.3 is 0 Å². The summed E-state index contributed by atoms with van der Waals surface area (Å²) in [7, 11) is 0. The highest BCUT2D eigenvalue weighted by Crippen LogP contribution is 2.24. The Balaban J connectivity index is 1.97. The predicted octanol–water partition coefficient (Wildman–Crippen LogP) is 5.49. The fourth-order valence-corrected chi connectivity index (χ4v) is 3.25. The van der Waals surface area contributed by atoms with Gasteiger partial charge in [0.25, 0.3) is 5.56 Å². The van der Waals surface area contributed by atoms with Gasteiger partial charge in [0.2, 0.25) is 5.88 Å². The fourth-order valence-electron chi connectivity index (χ4n) is 2.79. The van der Waals surface area contributed by atoms with Gasteiger partial charge in [0.05, 0.1) is 16.4 Å². The Morgan fingerprint density at radius 1 is 1.28 bits per heavy atom. The molecule has 2 N–H and O–H groups in total. The minimum absolute atomic E-state index is 0.0485. The second-order valence-corrected chi connectivity index (χ2v) is 7.25. The Labute approximate surface area is 177 Å². The van der Waals surface area contributed by atoms with E-state index in [9.17, 15) is 14.3 Å². The van der Waals surface area contributed by atoms with E-state index in [1.807, 2.05) is 24.3 Å². The van der Waals surface area contributed by atoms with Gasteiger partial charge in [0.1, 0.15) is 11.4 Å². The number of nitrogens with zero attached hydrogens (tertiary/aromatic N) is 2. The molecule has 8 heteroatoms. The summed E-state index contributed by atoms with van der Waals surface area (Å²) >= 11 is 11.0. The molecule has 1 heterocycles. The number of rotatable bonds is 6. The molecule has 29 heavy (non-hydrogen) atoms. The maximum Gasteiger partial charge on any atom is 0.264 e. The van der Waals surface area contributed by atoms with Gasteiger partial charge in [-0.1, -0.05) is 37.1 Å². The molecule has 0 spiro atoms. The van der Waals surface area contributed by atoms with Crippen molar-refractivity contribution in [1.82, 2.24) is 9.55 Å². The molecule has 150 valence electrons. The molecule has 0 saturated carbocycles. The first-order valence-corrected chi connectivity index (χ1v) is 9.86. The van der Waals surface area contributed by atoms with E-state index >= 15 is 0 Å². The molecule has 0 unspecified atom stereocenters. The van der Waals surface area contributed by atoms with E-state index in [-0.39, 0.29) is 15.4 Å². The monoisotopic (exact) mass is 431 g/mol. The number of hydrogen-bond donors (Lipinski definition) is 2. The van der Waals surface area contributed by atoms with E-state index in [0.29, 0.717) is 11.4 Å². The van der Waals surface area contributed by atoms with Crippen LogP contribution in [0, 0.1) is 10.6 Å². The van der Waals surface area contributed by atoms with Crippen LogP contribution < -0.4 is 5.56 Å². The minimum Gasteiger partial charge on any atom is -0.494 e. The maximum absolute atomic E-state index is 13.5. The summed E-state index contributed by atoms with van der Waals surface area (Å²) in [5.41, 5.74) is 1.51. The average Bonchev–Trinajstić information content (AvgIpc) is 2.69. The molecule has 5 nitrogen and oxygen atoms in total. The number of hydrogen-bond acceptors (Lipinski definition) is 4. The standard InChI is InChI=1S/C21H19ClFN3O2S/c1-2-3-4-13-5-7-14(8-6-13)24-12-16-19(27)25-21(29)26(20(16)28)15-9-10-18(23)17(22)11-15/h5-12,28H,2-4H2,1H3,(H,25,27,29). The molecule has 0 saturated heterocycles. The van der Waals surface area contributed by atoms with E-state index in [0.717, 1.165) is 25.3 Å². The van der Waals surface area contributed by atoms with Crippen molar-refractivity contribution < 1.29 is 9.50 Å². The van der Waals surface area contributed by atoms with Crippen LogP contribution in [0.4, 0.5) is 10.1 Å². The third-order valence-corrected chi connectivity index (χ3v) is 4.95. The van der Waals surface area contributed by atoms with Crippen molar-refractivity contribution in [3.8, 4) is 11.6 Å². The summed E-state index contributed by atoms with van der Waals surface area (Å²) in [5.74, 6) is -1.01. The Morgan fingerprint density at radius 2 is 2.00 bits per heavy atom. The van der Waals surface area contributed by atoms with Gasteiger partial charge in [-0.15, -0.1) is 0 Å². The molecule has 1 aromatic heterocycles. The highest BCUT2D eigenvalue weighted by Gasteiger charge is 2.13. The van der Waals surface area contributed by atoms with Crippen LogP contribution in [0.5, 0.6) is 5.88 Å². The van der Waals surface area contributed by atoms with Gasteiger partial charge in [-0.3, -0.25) is 19.3 Å². The van der Waals surface area contributed by atoms with Crippen LogP contribution in [0.1, 0.15) is 30.9 Å². The second kappa shape index (κ2) is 9.15. The van der Waals surface area contributed by atoms with Crippen LogP contribution in [0.2, 0.25) is 5.02 Å². The van der Waals surface area contributed by atoms with Crippen molar-refractivity contribution in [2.45, 2.75) is 26.2 Å². The molecule has 0 fully saturated rings. The predicted molar refractivity (Wildman–Crippen MR) is 116 cm³/mol. The maximum atomic E-state index is 13.5. The zero-order valence-electron chi connectivity index (χ0n) is 15.7. The molecule has 2 aromatic carbocycles. The smallest absolute Gasteiger partial charge is 0.264 e. The summed E-state index contributed by atoms with van der Waals surface area (Å²) in [6.45, 7) is 2.14. The van der Waals surface area contributed by atoms with Gasteiger partial charge in [-0.2, -0.15) is 0 Å². The summed E-state index contributed by atoms with van der Waals surface area (Å²) < 4.78 is 14.6. The summed E-state index contributed by atoms with van der Waals surface area (Å²) in [6.07, 6.45) is 4.51. The number of unbranched alkanes of at least 4 members (excludes halogenated alkanes) is 1.